The smallest absolute Gasteiger partial charge is 0.321 e. The van der Waals surface area contributed by atoms with Gasteiger partial charge in [-0.3, -0.25) is 19.7 Å². The highest BCUT2D eigenvalue weighted by Gasteiger charge is 2.28. The molecule has 2 unspecified atom stereocenters. The molecule has 8 heteroatoms. The predicted octanol–water partition coefficient (Wildman–Crippen LogP) is 2.89. The van der Waals surface area contributed by atoms with Gasteiger partial charge in [-0.05, 0) is 43.2 Å². The van der Waals surface area contributed by atoms with E-state index in [1.54, 1.807) is 11.0 Å². The van der Waals surface area contributed by atoms with Crippen LogP contribution in [0.1, 0.15) is 51.0 Å². The molecule has 33 heavy (non-hydrogen) atoms. The molecule has 2 fully saturated rings. The Balaban J connectivity index is 1.34. The second kappa shape index (κ2) is 12.2. The third-order valence-electron chi connectivity index (χ3n) is 6.38. The van der Waals surface area contributed by atoms with Crippen molar-refractivity contribution in [2.75, 3.05) is 19.7 Å². The van der Waals surface area contributed by atoms with Crippen molar-refractivity contribution in [2.24, 2.45) is 11.8 Å². The number of carbonyl (C=O) groups is 4. The number of piperidine rings is 1. The van der Waals surface area contributed by atoms with Crippen LogP contribution in [0.3, 0.4) is 0 Å². The van der Waals surface area contributed by atoms with Crippen molar-refractivity contribution in [3.05, 3.63) is 42.0 Å². The Kier molecular flexibility index (Phi) is 9.04. The van der Waals surface area contributed by atoms with Crippen molar-refractivity contribution in [3.63, 3.8) is 0 Å². The van der Waals surface area contributed by atoms with E-state index in [1.807, 2.05) is 30.3 Å². The van der Waals surface area contributed by atoms with E-state index in [0.29, 0.717) is 31.8 Å². The van der Waals surface area contributed by atoms with Gasteiger partial charge in [0.2, 0.25) is 5.91 Å². The van der Waals surface area contributed by atoms with Gasteiger partial charge in [-0.1, -0.05) is 50.1 Å². The number of benzene rings is 1. The summed E-state index contributed by atoms with van der Waals surface area (Å²) in [7, 11) is 0. The monoisotopic (exact) mass is 455 g/mol. The van der Waals surface area contributed by atoms with Crippen LogP contribution in [0.5, 0.6) is 0 Å². The van der Waals surface area contributed by atoms with Gasteiger partial charge in [0.15, 0.2) is 6.61 Å². The lowest BCUT2D eigenvalue weighted by atomic mass is 9.86. The molecule has 4 amide bonds. The Hall–Kier alpha value is -3.16. The summed E-state index contributed by atoms with van der Waals surface area (Å²) >= 11 is 0. The van der Waals surface area contributed by atoms with Gasteiger partial charge in [0.25, 0.3) is 5.91 Å². The zero-order chi connectivity index (χ0) is 23.6. The number of hydrogen-bond donors (Lipinski definition) is 2. The molecule has 1 aromatic carbocycles. The lowest BCUT2D eigenvalue weighted by Gasteiger charge is -2.30. The molecule has 0 bridgehead atoms. The molecular formula is C25H33N3O5. The highest BCUT2D eigenvalue weighted by atomic mass is 16.5. The SMILES string of the molecule is CC1CCCCC1NC(=O)NC(=O)COC(=O)C1CCN(C(=O)/C=C/c2ccccc2)CC1. The number of rotatable bonds is 6. The molecule has 1 aromatic rings. The molecule has 2 atom stereocenters. The fourth-order valence-corrected chi connectivity index (χ4v) is 4.33. The Labute approximate surface area is 194 Å². The van der Waals surface area contributed by atoms with Crippen LogP contribution in [-0.4, -0.2) is 54.5 Å². The number of carbonyl (C=O) groups excluding carboxylic acids is 4. The molecule has 0 radical (unpaired) electrons. The first-order valence-electron chi connectivity index (χ1n) is 11.7. The normalized spacial score (nSPS) is 21.4. The van der Waals surface area contributed by atoms with E-state index in [-0.39, 0.29) is 17.9 Å². The number of likely N-dealkylation sites (tertiary alicyclic amines) is 1. The number of nitrogens with one attached hydrogen (secondary N) is 2. The number of esters is 1. The average molecular weight is 456 g/mol. The molecule has 0 aromatic heterocycles. The van der Waals surface area contributed by atoms with E-state index >= 15 is 0 Å². The van der Waals surface area contributed by atoms with Crippen LogP contribution in [-0.2, 0) is 19.1 Å². The van der Waals surface area contributed by atoms with Crippen molar-refractivity contribution in [1.82, 2.24) is 15.5 Å². The highest BCUT2D eigenvalue weighted by molar-refractivity contribution is 5.95. The lowest BCUT2D eigenvalue weighted by Crippen LogP contribution is -2.48. The maximum atomic E-state index is 12.4. The van der Waals surface area contributed by atoms with Gasteiger partial charge < -0.3 is 15.0 Å². The number of urea groups is 1. The molecule has 1 heterocycles. The van der Waals surface area contributed by atoms with Crippen molar-refractivity contribution in [3.8, 4) is 0 Å². The first kappa shape index (κ1) is 24.5. The molecule has 2 aliphatic rings. The van der Waals surface area contributed by atoms with E-state index in [4.69, 9.17) is 4.74 Å². The van der Waals surface area contributed by atoms with Gasteiger partial charge in [0.05, 0.1) is 5.92 Å². The maximum absolute atomic E-state index is 12.4. The minimum absolute atomic E-state index is 0.0598. The molecular weight excluding hydrogens is 422 g/mol. The standard InChI is InChI=1S/C25H33N3O5/c1-18-7-5-6-10-21(18)26-25(32)27-22(29)17-33-24(31)20-13-15-28(16-14-20)23(30)12-11-19-8-3-2-4-9-19/h2-4,8-9,11-12,18,20-21H,5-7,10,13-17H2,1H3,(H2,26,27,29,32)/b12-11+. The van der Waals surface area contributed by atoms with Crippen molar-refractivity contribution < 1.29 is 23.9 Å². The van der Waals surface area contributed by atoms with Gasteiger partial charge in [-0.15, -0.1) is 0 Å². The Morgan fingerprint density at radius 1 is 1.03 bits per heavy atom. The minimum Gasteiger partial charge on any atom is -0.455 e. The van der Waals surface area contributed by atoms with Crippen LogP contribution >= 0.6 is 0 Å². The first-order valence-corrected chi connectivity index (χ1v) is 11.7. The topological polar surface area (TPSA) is 105 Å². The van der Waals surface area contributed by atoms with E-state index in [2.05, 4.69) is 17.6 Å². The largest absolute Gasteiger partial charge is 0.455 e. The van der Waals surface area contributed by atoms with E-state index < -0.39 is 24.5 Å². The second-order valence-corrected chi connectivity index (χ2v) is 8.84. The fourth-order valence-electron chi connectivity index (χ4n) is 4.33. The van der Waals surface area contributed by atoms with Crippen LogP contribution < -0.4 is 10.6 Å². The van der Waals surface area contributed by atoms with Crippen LogP contribution in [0.2, 0.25) is 0 Å². The minimum atomic E-state index is -0.650. The number of ether oxygens (including phenoxy) is 1. The number of imide groups is 1. The zero-order valence-corrected chi connectivity index (χ0v) is 19.1. The summed E-state index contributed by atoms with van der Waals surface area (Å²) in [5.41, 5.74) is 0.949. The molecule has 1 aliphatic heterocycles. The van der Waals surface area contributed by atoms with Gasteiger partial charge in [0, 0.05) is 25.2 Å². The quantitative estimate of drug-likeness (QED) is 0.507. The summed E-state index contributed by atoms with van der Waals surface area (Å²) in [6, 6.07) is 9.08. The average Bonchev–Trinajstić information content (AvgIpc) is 2.83. The highest BCUT2D eigenvalue weighted by Crippen LogP contribution is 2.23. The zero-order valence-electron chi connectivity index (χ0n) is 19.1. The Morgan fingerprint density at radius 2 is 1.73 bits per heavy atom. The van der Waals surface area contributed by atoms with Gasteiger partial charge >= 0.3 is 12.0 Å². The summed E-state index contributed by atoms with van der Waals surface area (Å²) < 4.78 is 5.11. The number of nitrogens with zero attached hydrogens (tertiary/aromatic N) is 1. The van der Waals surface area contributed by atoms with Crippen LogP contribution in [0.4, 0.5) is 4.79 Å². The third kappa shape index (κ3) is 7.73. The van der Waals surface area contributed by atoms with Crippen molar-refractivity contribution in [1.29, 1.82) is 0 Å². The van der Waals surface area contributed by atoms with E-state index in [9.17, 15) is 19.2 Å². The summed E-state index contributed by atoms with van der Waals surface area (Å²) in [4.78, 5) is 50.4. The van der Waals surface area contributed by atoms with Gasteiger partial charge in [-0.25, -0.2) is 4.79 Å². The Morgan fingerprint density at radius 3 is 2.42 bits per heavy atom. The second-order valence-electron chi connectivity index (χ2n) is 8.84. The fraction of sp³-hybridized carbons (Fsp3) is 0.520. The Bertz CT molecular complexity index is 862. The molecule has 0 spiro atoms. The van der Waals surface area contributed by atoms with Gasteiger partial charge in [-0.2, -0.15) is 0 Å². The molecule has 2 N–H and O–H groups in total. The molecule has 1 saturated heterocycles. The molecule has 3 rings (SSSR count). The molecule has 8 nitrogen and oxygen atoms in total. The van der Waals surface area contributed by atoms with Crippen molar-refractivity contribution >= 4 is 29.9 Å². The molecule has 1 aliphatic carbocycles. The van der Waals surface area contributed by atoms with Crippen LogP contribution in [0.15, 0.2) is 36.4 Å². The van der Waals surface area contributed by atoms with Crippen molar-refractivity contribution in [2.45, 2.75) is 51.5 Å². The van der Waals surface area contributed by atoms with Crippen LogP contribution in [0.25, 0.3) is 6.08 Å². The van der Waals surface area contributed by atoms with E-state index in [0.717, 1.165) is 31.2 Å². The lowest BCUT2D eigenvalue weighted by molar-refractivity contribution is -0.154. The van der Waals surface area contributed by atoms with E-state index in [1.165, 1.54) is 6.08 Å². The summed E-state index contributed by atoms with van der Waals surface area (Å²) in [6.45, 7) is 2.50. The first-order chi connectivity index (χ1) is 15.9. The third-order valence-corrected chi connectivity index (χ3v) is 6.38. The summed E-state index contributed by atoms with van der Waals surface area (Å²) in [5.74, 6) is -1.20. The van der Waals surface area contributed by atoms with Gasteiger partial charge in [0.1, 0.15) is 0 Å². The predicted molar refractivity (Wildman–Crippen MR) is 124 cm³/mol. The van der Waals surface area contributed by atoms with Crippen LogP contribution in [0, 0.1) is 11.8 Å². The number of amides is 4. The maximum Gasteiger partial charge on any atom is 0.321 e. The summed E-state index contributed by atoms with van der Waals surface area (Å²) in [6.07, 6.45) is 8.45. The number of hydrogen-bond acceptors (Lipinski definition) is 5. The molecule has 1 saturated carbocycles. The summed E-state index contributed by atoms with van der Waals surface area (Å²) in [5, 5.41) is 5.06. The molecule has 178 valence electrons.